The number of aromatic amines is 1. The first-order valence-electron chi connectivity index (χ1n) is 16.2. The van der Waals surface area contributed by atoms with Gasteiger partial charge in [-0.3, -0.25) is 24.1 Å². The zero-order valence-electron chi connectivity index (χ0n) is 27.3. The molecular formula is C35H37N3O9S2. The third kappa shape index (κ3) is 5.68. The number of fused-ring (bicyclic) bond motifs is 9. The van der Waals surface area contributed by atoms with Crippen LogP contribution in [0.1, 0.15) is 43.0 Å². The van der Waals surface area contributed by atoms with Gasteiger partial charge in [-0.2, -0.15) is 0 Å². The van der Waals surface area contributed by atoms with E-state index in [4.69, 9.17) is 14.2 Å². The number of ether oxygens (including phenoxy) is 3. The van der Waals surface area contributed by atoms with Crippen molar-refractivity contribution in [2.75, 3.05) is 26.1 Å². The summed E-state index contributed by atoms with van der Waals surface area (Å²) in [7, 11) is 3.08. The fourth-order valence-electron chi connectivity index (χ4n) is 8.50. The zero-order valence-corrected chi connectivity index (χ0v) is 29.0. The summed E-state index contributed by atoms with van der Waals surface area (Å²) in [5, 5.41) is 13.5. The Morgan fingerprint density at radius 1 is 1.00 bits per heavy atom. The fraction of sp³-hybridized carbons (Fsp3) is 0.457. The molecule has 2 bridgehead atoms. The highest BCUT2D eigenvalue weighted by Crippen LogP contribution is 2.68. The first-order valence-corrected chi connectivity index (χ1v) is 17.9. The van der Waals surface area contributed by atoms with Crippen molar-refractivity contribution in [3.63, 3.8) is 0 Å². The Balaban J connectivity index is 1.16. The smallest absolute Gasteiger partial charge is 0.326 e. The van der Waals surface area contributed by atoms with Gasteiger partial charge in [0.25, 0.3) is 5.91 Å². The number of likely N-dealkylation sites (tertiary alicyclic amines) is 1. The van der Waals surface area contributed by atoms with Crippen molar-refractivity contribution in [3.8, 4) is 17.2 Å². The largest absolute Gasteiger partial charge is 0.497 e. The highest BCUT2D eigenvalue weighted by atomic mass is 32.2. The number of carboxylic acid groups (broad SMARTS) is 1. The highest BCUT2D eigenvalue weighted by molar-refractivity contribution is 8.00. The SMILES string of the molecule is COc1ccc(NC(=O)COc2ccc([C@H]3c4sc(=O)[nH]c4SC4C5CC(C6C(=O)N(C(CC(C)C)C(=O)O)C(=O)C56)C43)cc2OC)cc1. The minimum atomic E-state index is -1.19. The number of nitrogens with one attached hydrogen (secondary N) is 2. The number of benzene rings is 2. The number of amides is 3. The number of anilines is 1. The number of carboxylic acids is 1. The van der Waals surface area contributed by atoms with Crippen LogP contribution in [-0.4, -0.2) is 70.8 Å². The molecule has 1 saturated heterocycles. The van der Waals surface area contributed by atoms with E-state index in [-0.39, 0.29) is 70.5 Å². The number of carbonyl (C=O) groups is 4. The highest BCUT2D eigenvalue weighted by Gasteiger charge is 2.70. The first-order chi connectivity index (χ1) is 23.5. The maximum Gasteiger partial charge on any atom is 0.326 e. The predicted molar refractivity (Wildman–Crippen MR) is 181 cm³/mol. The molecule has 7 unspecified atom stereocenters. The summed E-state index contributed by atoms with van der Waals surface area (Å²) in [4.78, 5) is 70.2. The monoisotopic (exact) mass is 707 g/mol. The number of imide groups is 1. The van der Waals surface area contributed by atoms with Crippen molar-refractivity contribution in [1.82, 2.24) is 9.88 Å². The summed E-state index contributed by atoms with van der Waals surface area (Å²) >= 11 is 2.71. The molecule has 2 aliphatic heterocycles. The molecule has 1 aromatic heterocycles. The minimum absolute atomic E-state index is 0.0148. The average molecular weight is 708 g/mol. The van der Waals surface area contributed by atoms with Gasteiger partial charge in [0.1, 0.15) is 11.8 Å². The van der Waals surface area contributed by atoms with Gasteiger partial charge in [-0.1, -0.05) is 31.3 Å². The van der Waals surface area contributed by atoms with Crippen molar-refractivity contribution in [2.45, 2.75) is 48.9 Å². The summed E-state index contributed by atoms with van der Waals surface area (Å²) < 4.78 is 16.7. The van der Waals surface area contributed by atoms with Crippen LogP contribution in [0, 0.1) is 35.5 Å². The Labute approximate surface area is 290 Å². The van der Waals surface area contributed by atoms with Gasteiger partial charge >= 0.3 is 10.8 Å². The van der Waals surface area contributed by atoms with Crippen LogP contribution in [-0.2, 0) is 19.2 Å². The maximum atomic E-state index is 14.0. The Bertz CT molecular complexity index is 1870. The predicted octanol–water partition coefficient (Wildman–Crippen LogP) is 4.44. The van der Waals surface area contributed by atoms with Gasteiger partial charge in [-0.25, -0.2) is 4.79 Å². The molecule has 0 radical (unpaired) electrons. The molecule has 8 atom stereocenters. The summed E-state index contributed by atoms with van der Waals surface area (Å²) in [6.07, 6.45) is 0.879. The van der Waals surface area contributed by atoms with E-state index < -0.39 is 23.8 Å². The lowest BCUT2D eigenvalue weighted by molar-refractivity contribution is -0.156. The number of H-pyrrole nitrogens is 1. The van der Waals surface area contributed by atoms with Crippen LogP contribution in [0.15, 0.2) is 52.3 Å². The maximum absolute atomic E-state index is 14.0. The lowest BCUT2D eigenvalue weighted by Gasteiger charge is -2.43. The third-order valence-electron chi connectivity index (χ3n) is 10.3. The van der Waals surface area contributed by atoms with Gasteiger partial charge in [0.05, 0.1) is 31.1 Å². The summed E-state index contributed by atoms with van der Waals surface area (Å²) in [6.45, 7) is 3.49. The van der Waals surface area contributed by atoms with E-state index >= 15 is 0 Å². The van der Waals surface area contributed by atoms with Crippen molar-refractivity contribution in [1.29, 1.82) is 0 Å². The molecule has 0 spiro atoms. The van der Waals surface area contributed by atoms with Crippen LogP contribution in [0.4, 0.5) is 5.69 Å². The lowest BCUT2D eigenvalue weighted by atomic mass is 9.68. The van der Waals surface area contributed by atoms with Gasteiger partial charge in [0.2, 0.25) is 11.8 Å². The number of hydrogen-bond acceptors (Lipinski definition) is 10. The first kappa shape index (κ1) is 33.2. The van der Waals surface area contributed by atoms with Crippen molar-refractivity contribution >= 4 is 52.5 Å². The number of carbonyl (C=O) groups excluding carboxylic acids is 3. The van der Waals surface area contributed by atoms with Crippen LogP contribution in [0.5, 0.6) is 17.2 Å². The molecule has 258 valence electrons. The molecule has 12 nitrogen and oxygen atoms in total. The van der Waals surface area contributed by atoms with Gasteiger partial charge in [-0.15, -0.1) is 11.8 Å². The van der Waals surface area contributed by atoms with Gasteiger partial charge in [0, 0.05) is 21.7 Å². The molecule has 2 saturated carbocycles. The number of thiazole rings is 1. The summed E-state index contributed by atoms with van der Waals surface area (Å²) in [5.74, 6) is -2.67. The average Bonchev–Trinajstić information content (AvgIpc) is 3.81. The van der Waals surface area contributed by atoms with E-state index in [0.29, 0.717) is 29.4 Å². The number of methoxy groups -OCH3 is 2. The molecule has 2 aliphatic carbocycles. The standard InChI is InChI=1S/C35H37N3O9S2/c1-15(2)11-21(34(42)43)38-32(40)27-19-13-20(28(27)33(38)41)29-26(19)25(30-31(48-29)37-35(44)49-30)16-5-10-22(23(12-16)46-4)47-14-24(39)36-17-6-8-18(45-3)9-7-17/h5-10,12,15,19-21,25-29H,11,13-14H2,1-4H3,(H,36,39)(H,37,44)(H,42,43)/t19?,20?,21?,25-,26?,27?,28?,29?/m1/s1. The molecule has 49 heavy (non-hydrogen) atoms. The molecule has 3 amide bonds. The quantitative estimate of drug-likeness (QED) is 0.243. The van der Waals surface area contributed by atoms with E-state index in [2.05, 4.69) is 10.3 Å². The van der Waals surface area contributed by atoms with E-state index in [1.165, 1.54) is 7.11 Å². The van der Waals surface area contributed by atoms with E-state index in [1.54, 1.807) is 49.2 Å². The molecule has 7 rings (SSSR count). The normalized spacial score (nSPS) is 27.0. The molecular weight excluding hydrogens is 671 g/mol. The molecule has 3 aromatic rings. The van der Waals surface area contributed by atoms with Gasteiger partial charge in [-0.05, 0) is 78.5 Å². The second-order valence-electron chi connectivity index (χ2n) is 13.5. The molecule has 4 aliphatic rings. The number of rotatable bonds is 11. The molecule has 3 N–H and O–H groups in total. The molecule has 3 heterocycles. The third-order valence-corrected chi connectivity index (χ3v) is 12.9. The van der Waals surface area contributed by atoms with Crippen LogP contribution < -0.4 is 24.4 Å². The fourth-order valence-corrected chi connectivity index (χ4v) is 11.4. The Morgan fingerprint density at radius 2 is 1.71 bits per heavy atom. The van der Waals surface area contributed by atoms with Crippen LogP contribution in [0.3, 0.4) is 0 Å². The topological polar surface area (TPSA) is 164 Å². The number of thioether (sulfide) groups is 1. The second-order valence-corrected chi connectivity index (χ2v) is 15.7. The Morgan fingerprint density at radius 3 is 2.37 bits per heavy atom. The van der Waals surface area contributed by atoms with E-state index in [9.17, 15) is 29.1 Å². The van der Waals surface area contributed by atoms with Crippen molar-refractivity contribution in [3.05, 3.63) is 62.6 Å². The van der Waals surface area contributed by atoms with E-state index in [0.717, 1.165) is 31.7 Å². The number of aliphatic carboxylic acids is 1. The Kier molecular flexibility index (Phi) is 8.72. The van der Waals surface area contributed by atoms with Gasteiger partial charge < -0.3 is 29.6 Å². The summed E-state index contributed by atoms with van der Waals surface area (Å²) in [5.41, 5.74) is 1.46. The number of aromatic nitrogens is 1. The van der Waals surface area contributed by atoms with Gasteiger partial charge in [0.15, 0.2) is 18.1 Å². The summed E-state index contributed by atoms with van der Waals surface area (Å²) in [6, 6.07) is 11.2. The zero-order chi connectivity index (χ0) is 34.7. The van der Waals surface area contributed by atoms with Crippen LogP contribution in [0.2, 0.25) is 0 Å². The van der Waals surface area contributed by atoms with Crippen molar-refractivity contribution < 1.29 is 38.5 Å². The second kappa shape index (κ2) is 12.9. The van der Waals surface area contributed by atoms with Crippen LogP contribution >= 0.6 is 23.1 Å². The van der Waals surface area contributed by atoms with Crippen LogP contribution in [0.25, 0.3) is 0 Å². The minimum Gasteiger partial charge on any atom is -0.497 e. The lowest BCUT2D eigenvalue weighted by Crippen LogP contribution is -2.47. The molecule has 14 heteroatoms. The molecule has 3 fully saturated rings. The number of nitrogens with zero attached hydrogens (tertiary/aromatic N) is 1. The van der Waals surface area contributed by atoms with Crippen molar-refractivity contribution in [2.24, 2.45) is 35.5 Å². The Hall–Kier alpha value is -4.30. The van der Waals surface area contributed by atoms with E-state index in [1.807, 2.05) is 26.0 Å². The molecule has 2 aromatic carbocycles. The number of hydrogen-bond donors (Lipinski definition) is 3.